The molecule has 2 rings (SSSR count). The van der Waals surface area contributed by atoms with Crippen LogP contribution in [0.2, 0.25) is 10.0 Å². The molecule has 0 aromatic heterocycles. The number of anilines is 1. The molecule has 0 spiro atoms. The van der Waals surface area contributed by atoms with Crippen LogP contribution in [0.25, 0.3) is 0 Å². The molecular weight excluding hydrogens is 337 g/mol. The van der Waals surface area contributed by atoms with Crippen molar-refractivity contribution in [1.82, 2.24) is 0 Å². The zero-order chi connectivity index (χ0) is 17.0. The molecule has 0 heterocycles. The van der Waals surface area contributed by atoms with E-state index in [1.807, 2.05) is 6.92 Å². The van der Waals surface area contributed by atoms with Crippen molar-refractivity contribution in [2.75, 3.05) is 18.6 Å². The maximum Gasteiger partial charge on any atom is 0.331 e. The van der Waals surface area contributed by atoms with Gasteiger partial charge in [0.25, 0.3) is 0 Å². The highest BCUT2D eigenvalue weighted by molar-refractivity contribution is 6.42. The van der Waals surface area contributed by atoms with E-state index in [9.17, 15) is 9.90 Å². The second-order valence-corrected chi connectivity index (χ2v) is 5.68. The number of hydrogen-bond donors (Lipinski definition) is 1. The first-order valence-corrected chi connectivity index (χ1v) is 7.82. The third kappa shape index (κ3) is 3.71. The molecule has 0 radical (unpaired) electrons. The summed E-state index contributed by atoms with van der Waals surface area (Å²) in [6, 6.07) is 11.3. The Balaban J connectivity index is 2.53. The van der Waals surface area contributed by atoms with Crippen LogP contribution in [-0.2, 0) is 4.79 Å². The number of nitrogens with zero attached hydrogens (tertiary/aromatic N) is 1. The van der Waals surface area contributed by atoms with Gasteiger partial charge in [0.1, 0.15) is 5.75 Å². The van der Waals surface area contributed by atoms with E-state index in [2.05, 4.69) is 0 Å². The largest absolute Gasteiger partial charge is 0.496 e. The summed E-state index contributed by atoms with van der Waals surface area (Å²) in [5, 5.41) is 10.6. The van der Waals surface area contributed by atoms with Gasteiger partial charge in [0.15, 0.2) is 6.04 Å². The molecule has 23 heavy (non-hydrogen) atoms. The van der Waals surface area contributed by atoms with Gasteiger partial charge in [-0.2, -0.15) is 0 Å². The van der Waals surface area contributed by atoms with Gasteiger partial charge in [-0.3, -0.25) is 0 Å². The van der Waals surface area contributed by atoms with Crippen LogP contribution in [-0.4, -0.2) is 24.7 Å². The molecular formula is C17H17Cl2NO3. The number of rotatable bonds is 6. The topological polar surface area (TPSA) is 49.8 Å². The van der Waals surface area contributed by atoms with Gasteiger partial charge in [-0.05, 0) is 31.2 Å². The first-order valence-electron chi connectivity index (χ1n) is 7.07. The minimum Gasteiger partial charge on any atom is -0.496 e. The number of hydrogen-bond acceptors (Lipinski definition) is 3. The summed E-state index contributed by atoms with van der Waals surface area (Å²) in [6.07, 6.45) is 0. The fourth-order valence-electron chi connectivity index (χ4n) is 2.50. The summed E-state index contributed by atoms with van der Waals surface area (Å²) in [7, 11) is 1.52. The maximum atomic E-state index is 11.9. The van der Waals surface area contributed by atoms with Crippen LogP contribution in [0.1, 0.15) is 18.5 Å². The van der Waals surface area contributed by atoms with Crippen LogP contribution in [0.5, 0.6) is 5.75 Å². The van der Waals surface area contributed by atoms with Gasteiger partial charge in [0, 0.05) is 17.8 Å². The summed E-state index contributed by atoms with van der Waals surface area (Å²) in [4.78, 5) is 13.7. The Hall–Kier alpha value is -1.91. The molecule has 4 nitrogen and oxygen atoms in total. The van der Waals surface area contributed by atoms with Crippen molar-refractivity contribution in [2.24, 2.45) is 0 Å². The van der Waals surface area contributed by atoms with E-state index in [4.69, 9.17) is 27.9 Å². The number of ether oxygens (including phenoxy) is 1. The standard InChI is InChI=1S/C17H17Cl2NO3/c1-3-20(11-8-9-13(18)14(19)10-11)16(17(21)22)12-6-4-5-7-15(12)23-2/h4-10,16H,3H2,1-2H3,(H,21,22). The molecule has 2 aromatic rings. The lowest BCUT2D eigenvalue weighted by Crippen LogP contribution is -2.34. The summed E-state index contributed by atoms with van der Waals surface area (Å²) in [5.74, 6) is -0.444. The number of carboxylic acids is 1. The predicted molar refractivity (Wildman–Crippen MR) is 92.9 cm³/mol. The van der Waals surface area contributed by atoms with Crippen LogP contribution in [0.15, 0.2) is 42.5 Å². The predicted octanol–water partition coefficient (Wildman–Crippen LogP) is 4.65. The van der Waals surface area contributed by atoms with Gasteiger partial charge in [0.05, 0.1) is 17.2 Å². The van der Waals surface area contributed by atoms with E-state index in [0.717, 1.165) is 0 Å². The van der Waals surface area contributed by atoms with Gasteiger partial charge in [0.2, 0.25) is 0 Å². The number of carboxylic acid groups (broad SMARTS) is 1. The molecule has 6 heteroatoms. The first-order chi connectivity index (χ1) is 11.0. The number of likely N-dealkylation sites (N-methyl/N-ethyl adjacent to an activating group) is 1. The smallest absolute Gasteiger partial charge is 0.331 e. The Morgan fingerprint density at radius 1 is 1.22 bits per heavy atom. The SMILES string of the molecule is CCN(c1ccc(Cl)c(Cl)c1)C(C(=O)O)c1ccccc1OC. The fraction of sp³-hybridized carbons (Fsp3) is 0.235. The molecule has 1 atom stereocenters. The van der Waals surface area contributed by atoms with Crippen molar-refractivity contribution >= 4 is 34.9 Å². The summed E-state index contributed by atoms with van der Waals surface area (Å²) in [6.45, 7) is 2.36. The average molecular weight is 354 g/mol. The first kappa shape index (κ1) is 17.4. The molecule has 0 amide bonds. The molecule has 0 fully saturated rings. The Labute approximate surface area is 145 Å². The van der Waals surface area contributed by atoms with Crippen molar-refractivity contribution in [3.8, 4) is 5.75 Å². The van der Waals surface area contributed by atoms with Crippen molar-refractivity contribution < 1.29 is 14.6 Å². The Morgan fingerprint density at radius 3 is 2.48 bits per heavy atom. The molecule has 0 aliphatic carbocycles. The number of halogens is 2. The van der Waals surface area contributed by atoms with Gasteiger partial charge in [-0.15, -0.1) is 0 Å². The highest BCUT2D eigenvalue weighted by Gasteiger charge is 2.29. The Kier molecular flexibility index (Phi) is 5.74. The third-order valence-electron chi connectivity index (χ3n) is 3.55. The van der Waals surface area contributed by atoms with Crippen molar-refractivity contribution in [2.45, 2.75) is 13.0 Å². The van der Waals surface area contributed by atoms with E-state index in [-0.39, 0.29) is 0 Å². The van der Waals surface area contributed by atoms with Gasteiger partial charge < -0.3 is 14.7 Å². The molecule has 0 aliphatic heterocycles. The molecule has 122 valence electrons. The lowest BCUT2D eigenvalue weighted by Gasteiger charge is -2.31. The summed E-state index contributed by atoms with van der Waals surface area (Å²) in [5.41, 5.74) is 1.26. The van der Waals surface area contributed by atoms with E-state index in [1.165, 1.54) is 7.11 Å². The van der Waals surface area contributed by atoms with Gasteiger partial charge in [-0.1, -0.05) is 41.4 Å². The van der Waals surface area contributed by atoms with Crippen molar-refractivity contribution in [3.63, 3.8) is 0 Å². The van der Waals surface area contributed by atoms with Crippen LogP contribution in [0.4, 0.5) is 5.69 Å². The minimum absolute atomic E-state index is 0.381. The second kappa shape index (κ2) is 7.57. The summed E-state index contributed by atoms with van der Waals surface area (Å²) >= 11 is 12.0. The molecule has 1 unspecified atom stereocenters. The number of para-hydroxylation sites is 1. The lowest BCUT2D eigenvalue weighted by molar-refractivity contribution is -0.138. The van der Waals surface area contributed by atoms with E-state index < -0.39 is 12.0 Å². The Morgan fingerprint density at radius 2 is 1.91 bits per heavy atom. The van der Waals surface area contributed by atoms with Crippen LogP contribution in [0.3, 0.4) is 0 Å². The van der Waals surface area contributed by atoms with E-state index in [0.29, 0.717) is 33.6 Å². The van der Waals surface area contributed by atoms with Crippen LogP contribution >= 0.6 is 23.2 Å². The fourth-order valence-corrected chi connectivity index (χ4v) is 2.80. The molecule has 0 bridgehead atoms. The molecule has 0 aliphatic rings. The number of benzene rings is 2. The molecule has 0 saturated heterocycles. The quantitative estimate of drug-likeness (QED) is 0.820. The average Bonchev–Trinajstić information content (AvgIpc) is 2.55. The number of carbonyl (C=O) groups is 1. The highest BCUT2D eigenvalue weighted by atomic mass is 35.5. The normalized spacial score (nSPS) is 11.8. The third-order valence-corrected chi connectivity index (χ3v) is 4.29. The van der Waals surface area contributed by atoms with Crippen molar-refractivity contribution in [1.29, 1.82) is 0 Å². The number of methoxy groups -OCH3 is 1. The van der Waals surface area contributed by atoms with Crippen LogP contribution < -0.4 is 9.64 Å². The van der Waals surface area contributed by atoms with E-state index in [1.54, 1.807) is 47.4 Å². The van der Waals surface area contributed by atoms with Gasteiger partial charge >= 0.3 is 5.97 Å². The molecule has 1 N–H and O–H groups in total. The number of aliphatic carboxylic acids is 1. The minimum atomic E-state index is -0.970. The van der Waals surface area contributed by atoms with E-state index >= 15 is 0 Å². The second-order valence-electron chi connectivity index (χ2n) is 4.87. The zero-order valence-corrected chi connectivity index (χ0v) is 14.3. The Bertz CT molecular complexity index is 706. The lowest BCUT2D eigenvalue weighted by atomic mass is 10.0. The summed E-state index contributed by atoms with van der Waals surface area (Å²) < 4.78 is 5.31. The monoisotopic (exact) mass is 353 g/mol. The molecule has 2 aromatic carbocycles. The van der Waals surface area contributed by atoms with Gasteiger partial charge in [-0.25, -0.2) is 4.79 Å². The zero-order valence-electron chi connectivity index (χ0n) is 12.8. The molecule has 0 saturated carbocycles. The highest BCUT2D eigenvalue weighted by Crippen LogP contribution is 2.35. The maximum absolute atomic E-state index is 11.9. The van der Waals surface area contributed by atoms with Crippen molar-refractivity contribution in [3.05, 3.63) is 58.1 Å². The van der Waals surface area contributed by atoms with Crippen LogP contribution in [0, 0.1) is 0 Å².